The molecule has 1 aliphatic heterocycles. The molecule has 1 heterocycles. The van der Waals surface area contributed by atoms with Crippen LogP contribution < -0.4 is 5.32 Å². The number of morpholine rings is 1. The van der Waals surface area contributed by atoms with Crippen molar-refractivity contribution in [3.05, 3.63) is 63.6 Å². The van der Waals surface area contributed by atoms with Gasteiger partial charge in [-0.25, -0.2) is 8.42 Å². The van der Waals surface area contributed by atoms with E-state index in [1.165, 1.54) is 16.4 Å². The second-order valence-electron chi connectivity index (χ2n) is 6.48. The number of hydrogen-bond acceptors (Lipinski definition) is 4. The molecule has 1 N–H and O–H groups in total. The second kappa shape index (κ2) is 9.28. The monoisotopic (exact) mass is 454 g/mol. The minimum atomic E-state index is -3.65. The van der Waals surface area contributed by atoms with Gasteiger partial charge >= 0.3 is 0 Å². The summed E-state index contributed by atoms with van der Waals surface area (Å²) in [5.41, 5.74) is 1.82. The summed E-state index contributed by atoms with van der Waals surface area (Å²) >= 11 is 12.0. The molecule has 1 aliphatic rings. The molecule has 0 radical (unpaired) electrons. The molecule has 6 nitrogen and oxygen atoms in total. The summed E-state index contributed by atoms with van der Waals surface area (Å²) in [4.78, 5) is 12.5. The molecule has 1 saturated heterocycles. The van der Waals surface area contributed by atoms with Crippen molar-refractivity contribution in [2.45, 2.75) is 11.8 Å². The lowest BCUT2D eigenvalue weighted by atomic mass is 10.2. The third kappa shape index (κ3) is 5.38. The molecule has 1 amide bonds. The minimum Gasteiger partial charge on any atom is -0.379 e. The molecule has 1 fully saturated rings. The van der Waals surface area contributed by atoms with Crippen LogP contribution in [0.1, 0.15) is 11.1 Å². The van der Waals surface area contributed by atoms with Crippen LogP contribution in [0.2, 0.25) is 10.0 Å². The van der Waals surface area contributed by atoms with E-state index in [4.69, 9.17) is 27.9 Å². The fraction of sp³-hybridized carbons (Fsp3) is 0.250. The number of benzene rings is 2. The van der Waals surface area contributed by atoms with Crippen molar-refractivity contribution in [1.82, 2.24) is 4.31 Å². The third-order valence-corrected chi connectivity index (χ3v) is 6.91. The largest absolute Gasteiger partial charge is 0.379 e. The number of carbonyl (C=O) groups is 1. The first kappa shape index (κ1) is 21.8. The number of nitrogens with one attached hydrogen (secondary N) is 1. The zero-order valence-corrected chi connectivity index (χ0v) is 18.0. The summed E-state index contributed by atoms with van der Waals surface area (Å²) in [6.07, 6.45) is 2.90. The molecule has 0 aromatic heterocycles. The molecule has 0 atom stereocenters. The highest BCUT2D eigenvalue weighted by molar-refractivity contribution is 7.89. The molecular formula is C20H20Cl2N2O4S. The van der Waals surface area contributed by atoms with Crippen molar-refractivity contribution >= 4 is 50.9 Å². The van der Waals surface area contributed by atoms with E-state index in [9.17, 15) is 13.2 Å². The van der Waals surface area contributed by atoms with Gasteiger partial charge in [-0.05, 0) is 48.4 Å². The van der Waals surface area contributed by atoms with Gasteiger partial charge in [0.2, 0.25) is 15.9 Å². The number of amides is 1. The van der Waals surface area contributed by atoms with E-state index < -0.39 is 15.9 Å². The molecule has 0 bridgehead atoms. The molecule has 0 aliphatic carbocycles. The van der Waals surface area contributed by atoms with Crippen LogP contribution in [0, 0.1) is 6.92 Å². The number of ether oxygens (including phenoxy) is 1. The Kier molecular flexibility index (Phi) is 6.97. The number of rotatable bonds is 5. The molecule has 2 aromatic carbocycles. The standard InChI is InChI=1S/C20H20Cl2N2O4S/c1-14-2-6-17(29(26,27)24-8-10-28-11-9-24)13-19(14)23-20(25)7-4-15-3-5-16(21)12-18(15)22/h2-7,12-13H,8-11H2,1H3,(H,23,25)/b7-4+. The molecule has 3 rings (SSSR count). The van der Waals surface area contributed by atoms with E-state index in [1.807, 2.05) is 0 Å². The van der Waals surface area contributed by atoms with Gasteiger partial charge in [0.05, 0.1) is 18.1 Å². The number of hydrogen-bond donors (Lipinski definition) is 1. The number of nitrogens with zero attached hydrogens (tertiary/aromatic N) is 1. The fourth-order valence-corrected chi connectivity index (χ4v) is 4.72. The lowest BCUT2D eigenvalue weighted by Gasteiger charge is -2.26. The Morgan fingerprint density at radius 2 is 1.86 bits per heavy atom. The number of anilines is 1. The van der Waals surface area contributed by atoms with E-state index in [0.29, 0.717) is 47.6 Å². The summed E-state index contributed by atoms with van der Waals surface area (Å²) in [6.45, 7) is 3.14. The second-order valence-corrected chi connectivity index (χ2v) is 9.26. The highest BCUT2D eigenvalue weighted by Crippen LogP contribution is 2.24. The zero-order valence-electron chi connectivity index (χ0n) is 15.7. The molecule has 29 heavy (non-hydrogen) atoms. The van der Waals surface area contributed by atoms with Crippen molar-refractivity contribution in [3.8, 4) is 0 Å². The molecule has 2 aromatic rings. The predicted octanol–water partition coefficient (Wildman–Crippen LogP) is 3.97. The van der Waals surface area contributed by atoms with Crippen LogP contribution in [0.4, 0.5) is 5.69 Å². The third-order valence-electron chi connectivity index (χ3n) is 4.45. The summed E-state index contributed by atoms with van der Waals surface area (Å²) in [7, 11) is -3.65. The summed E-state index contributed by atoms with van der Waals surface area (Å²) in [5.74, 6) is -0.403. The first-order chi connectivity index (χ1) is 13.8. The van der Waals surface area contributed by atoms with E-state index in [1.54, 1.807) is 43.3 Å². The van der Waals surface area contributed by atoms with Crippen molar-refractivity contribution in [2.75, 3.05) is 31.6 Å². The maximum absolute atomic E-state index is 12.8. The van der Waals surface area contributed by atoms with Gasteiger partial charge in [-0.15, -0.1) is 0 Å². The maximum atomic E-state index is 12.8. The Morgan fingerprint density at radius 3 is 2.55 bits per heavy atom. The van der Waals surface area contributed by atoms with Crippen LogP contribution in [-0.4, -0.2) is 44.9 Å². The van der Waals surface area contributed by atoms with E-state index in [-0.39, 0.29) is 4.90 Å². The Labute approximate surface area is 180 Å². The Bertz CT molecular complexity index is 1050. The minimum absolute atomic E-state index is 0.130. The SMILES string of the molecule is Cc1ccc(S(=O)(=O)N2CCOCC2)cc1NC(=O)/C=C/c1ccc(Cl)cc1Cl. The van der Waals surface area contributed by atoms with Crippen molar-refractivity contribution < 1.29 is 17.9 Å². The van der Waals surface area contributed by atoms with Gasteiger partial charge in [-0.3, -0.25) is 4.79 Å². The van der Waals surface area contributed by atoms with Crippen LogP contribution >= 0.6 is 23.2 Å². The Balaban J connectivity index is 1.77. The Hall–Kier alpha value is -1.90. The molecule has 9 heteroatoms. The molecular weight excluding hydrogens is 435 g/mol. The van der Waals surface area contributed by atoms with Gasteiger partial charge in [0.25, 0.3) is 0 Å². The first-order valence-corrected chi connectivity index (χ1v) is 11.1. The van der Waals surface area contributed by atoms with E-state index in [2.05, 4.69) is 5.32 Å². The highest BCUT2D eigenvalue weighted by Gasteiger charge is 2.26. The lowest BCUT2D eigenvalue weighted by Crippen LogP contribution is -2.40. The normalized spacial score (nSPS) is 15.6. The zero-order chi connectivity index (χ0) is 21.0. The summed E-state index contributed by atoms with van der Waals surface area (Å²) in [5, 5.41) is 3.66. The first-order valence-electron chi connectivity index (χ1n) is 8.90. The number of sulfonamides is 1. The average molecular weight is 455 g/mol. The maximum Gasteiger partial charge on any atom is 0.248 e. The quantitative estimate of drug-likeness (QED) is 0.693. The lowest BCUT2D eigenvalue weighted by molar-refractivity contribution is -0.111. The van der Waals surface area contributed by atoms with Crippen LogP contribution in [0.25, 0.3) is 6.08 Å². The predicted molar refractivity (Wildman–Crippen MR) is 115 cm³/mol. The van der Waals surface area contributed by atoms with Crippen molar-refractivity contribution in [1.29, 1.82) is 0 Å². The number of carbonyl (C=O) groups excluding carboxylic acids is 1. The van der Waals surface area contributed by atoms with Crippen molar-refractivity contribution in [3.63, 3.8) is 0 Å². The van der Waals surface area contributed by atoms with Gasteiger partial charge in [-0.1, -0.05) is 35.3 Å². The fourth-order valence-electron chi connectivity index (χ4n) is 2.81. The van der Waals surface area contributed by atoms with E-state index >= 15 is 0 Å². The summed E-state index contributed by atoms with van der Waals surface area (Å²) in [6, 6.07) is 9.65. The topological polar surface area (TPSA) is 75.7 Å². The molecule has 0 spiro atoms. The van der Waals surface area contributed by atoms with Gasteiger partial charge in [0.15, 0.2) is 0 Å². The van der Waals surface area contributed by atoms with Gasteiger partial charge < -0.3 is 10.1 Å². The molecule has 0 saturated carbocycles. The number of aryl methyl sites for hydroxylation is 1. The van der Waals surface area contributed by atoms with Gasteiger partial charge in [-0.2, -0.15) is 4.31 Å². The van der Waals surface area contributed by atoms with E-state index in [0.717, 1.165) is 5.56 Å². The Morgan fingerprint density at radius 1 is 1.14 bits per heavy atom. The van der Waals surface area contributed by atoms with Crippen molar-refractivity contribution in [2.24, 2.45) is 0 Å². The average Bonchev–Trinajstić information content (AvgIpc) is 2.69. The van der Waals surface area contributed by atoms with Crippen LogP contribution in [0.5, 0.6) is 0 Å². The van der Waals surface area contributed by atoms with Crippen LogP contribution in [0.15, 0.2) is 47.4 Å². The van der Waals surface area contributed by atoms with Gasteiger partial charge in [0, 0.05) is 34.9 Å². The number of halogens is 2. The molecule has 154 valence electrons. The van der Waals surface area contributed by atoms with Gasteiger partial charge in [0.1, 0.15) is 0 Å². The summed E-state index contributed by atoms with van der Waals surface area (Å²) < 4.78 is 32.3. The van der Waals surface area contributed by atoms with Crippen LogP contribution in [-0.2, 0) is 19.6 Å². The molecule has 0 unspecified atom stereocenters. The smallest absolute Gasteiger partial charge is 0.248 e. The van der Waals surface area contributed by atoms with Crippen LogP contribution in [0.3, 0.4) is 0 Å². The highest BCUT2D eigenvalue weighted by atomic mass is 35.5.